The molecule has 0 fully saturated rings. The van der Waals surface area contributed by atoms with E-state index >= 15 is 0 Å². The second-order valence-electron chi connectivity index (χ2n) is 8.06. The van der Waals surface area contributed by atoms with E-state index in [4.69, 9.17) is 0 Å². The van der Waals surface area contributed by atoms with E-state index in [0.717, 1.165) is 17.2 Å². The van der Waals surface area contributed by atoms with E-state index in [-0.39, 0.29) is 20.9 Å². The maximum absolute atomic E-state index is 13.5. The number of fused-ring (bicyclic) bond motifs is 1. The first-order valence-electron chi connectivity index (χ1n) is 11.1. The second kappa shape index (κ2) is 9.59. The summed E-state index contributed by atoms with van der Waals surface area (Å²) in [5.74, 6) is -0.131. The Hall–Kier alpha value is -3.56. The van der Waals surface area contributed by atoms with Crippen LogP contribution in [0.4, 0.5) is 11.4 Å². The maximum atomic E-state index is 13.5. The highest BCUT2D eigenvalue weighted by Gasteiger charge is 2.25. The normalized spacial score (nSPS) is 11.9. The van der Waals surface area contributed by atoms with Gasteiger partial charge in [-0.3, -0.25) is 9.44 Å². The first-order chi connectivity index (χ1) is 16.6. The van der Waals surface area contributed by atoms with Gasteiger partial charge in [-0.1, -0.05) is 56.3 Å². The van der Waals surface area contributed by atoms with Crippen LogP contribution in [0.25, 0.3) is 10.8 Å². The molecule has 0 saturated heterocycles. The van der Waals surface area contributed by atoms with Gasteiger partial charge in [0.05, 0.1) is 21.2 Å². The van der Waals surface area contributed by atoms with E-state index < -0.39 is 20.0 Å². The molecule has 0 aliphatic rings. The number of aromatic hydroxyl groups is 1. The molecule has 4 aromatic carbocycles. The topological polar surface area (TPSA) is 113 Å². The first-order valence-corrected chi connectivity index (χ1v) is 14.1. The van der Waals surface area contributed by atoms with Crippen LogP contribution in [0.3, 0.4) is 0 Å². The van der Waals surface area contributed by atoms with Crippen LogP contribution in [0, 0.1) is 0 Å². The summed E-state index contributed by atoms with van der Waals surface area (Å²) in [6, 6.07) is 20.7. The van der Waals surface area contributed by atoms with Crippen LogP contribution >= 0.6 is 0 Å². The maximum Gasteiger partial charge on any atom is 0.262 e. The smallest absolute Gasteiger partial charge is 0.262 e. The van der Waals surface area contributed by atoms with E-state index in [0.29, 0.717) is 29.6 Å². The van der Waals surface area contributed by atoms with Gasteiger partial charge in [-0.05, 0) is 65.8 Å². The fraction of sp³-hybridized carbons (Fsp3) is 0.154. The molecule has 0 atom stereocenters. The molecular weight excluding hydrogens is 484 g/mol. The largest absolute Gasteiger partial charge is 0.508 e. The third-order valence-electron chi connectivity index (χ3n) is 5.76. The van der Waals surface area contributed by atoms with Crippen molar-refractivity contribution >= 4 is 42.2 Å². The number of para-hydroxylation sites is 2. The van der Waals surface area contributed by atoms with Crippen molar-refractivity contribution in [1.29, 1.82) is 0 Å². The summed E-state index contributed by atoms with van der Waals surface area (Å²) in [5.41, 5.74) is 2.45. The second-order valence-corrected chi connectivity index (χ2v) is 11.4. The highest BCUT2D eigenvalue weighted by Crippen LogP contribution is 2.32. The number of phenolic OH excluding ortho intramolecular Hbond substituents is 1. The Balaban J connectivity index is 1.87. The number of phenols is 1. The summed E-state index contributed by atoms with van der Waals surface area (Å²) < 4.78 is 58.9. The minimum Gasteiger partial charge on any atom is -0.508 e. The van der Waals surface area contributed by atoms with Gasteiger partial charge in [0, 0.05) is 5.39 Å². The SMILES string of the molecule is CCc1ccccc1NS(=O)(=O)c1cc(S(=O)(=O)Nc2ccccc2CC)c2cc(O)ccc2c1. The van der Waals surface area contributed by atoms with Crippen molar-refractivity contribution in [3.05, 3.63) is 90.0 Å². The molecule has 3 N–H and O–H groups in total. The molecule has 9 heteroatoms. The molecule has 0 heterocycles. The zero-order chi connectivity index (χ0) is 25.2. The van der Waals surface area contributed by atoms with E-state index in [1.807, 2.05) is 38.1 Å². The lowest BCUT2D eigenvalue weighted by molar-refractivity contribution is 0.476. The molecule has 0 saturated carbocycles. The highest BCUT2D eigenvalue weighted by molar-refractivity contribution is 7.93. The molecule has 35 heavy (non-hydrogen) atoms. The Morgan fingerprint density at radius 3 is 1.80 bits per heavy atom. The minimum absolute atomic E-state index is 0.131. The van der Waals surface area contributed by atoms with E-state index in [1.165, 1.54) is 24.3 Å². The number of hydrogen-bond acceptors (Lipinski definition) is 5. The number of benzene rings is 4. The molecule has 0 spiro atoms. The Bertz CT molecular complexity index is 1610. The lowest BCUT2D eigenvalue weighted by Gasteiger charge is -2.16. The van der Waals surface area contributed by atoms with E-state index in [1.54, 1.807) is 24.3 Å². The zero-order valence-corrected chi connectivity index (χ0v) is 20.9. The van der Waals surface area contributed by atoms with Gasteiger partial charge in [-0.25, -0.2) is 16.8 Å². The summed E-state index contributed by atoms with van der Waals surface area (Å²) in [5, 5.41) is 10.6. The number of anilines is 2. The van der Waals surface area contributed by atoms with Crippen LogP contribution in [0.15, 0.2) is 88.7 Å². The van der Waals surface area contributed by atoms with Crippen molar-refractivity contribution in [1.82, 2.24) is 0 Å². The molecule has 4 aromatic rings. The predicted molar refractivity (Wildman–Crippen MR) is 139 cm³/mol. The van der Waals surface area contributed by atoms with Crippen molar-refractivity contribution in [3.8, 4) is 5.75 Å². The minimum atomic E-state index is -4.21. The van der Waals surface area contributed by atoms with Crippen LogP contribution < -0.4 is 9.44 Å². The van der Waals surface area contributed by atoms with Gasteiger partial charge in [0.25, 0.3) is 20.0 Å². The zero-order valence-electron chi connectivity index (χ0n) is 19.3. The van der Waals surface area contributed by atoms with Crippen molar-refractivity contribution in [2.75, 3.05) is 9.44 Å². The Morgan fingerprint density at radius 1 is 0.686 bits per heavy atom. The van der Waals surface area contributed by atoms with Crippen LogP contribution in [0.2, 0.25) is 0 Å². The van der Waals surface area contributed by atoms with Crippen LogP contribution in [-0.4, -0.2) is 21.9 Å². The molecule has 0 aromatic heterocycles. The average molecular weight is 511 g/mol. The summed E-state index contributed by atoms with van der Waals surface area (Å²) in [6.07, 6.45) is 1.23. The van der Waals surface area contributed by atoms with Crippen LogP contribution in [0.5, 0.6) is 5.75 Å². The van der Waals surface area contributed by atoms with Gasteiger partial charge in [-0.15, -0.1) is 0 Å². The predicted octanol–water partition coefficient (Wildman–Crippen LogP) is 5.27. The molecule has 0 bridgehead atoms. The Morgan fingerprint density at radius 2 is 1.23 bits per heavy atom. The molecule has 7 nitrogen and oxygen atoms in total. The summed E-state index contributed by atoms with van der Waals surface area (Å²) in [4.78, 5) is -0.452. The van der Waals surface area contributed by atoms with Gasteiger partial charge < -0.3 is 5.11 Å². The lowest BCUT2D eigenvalue weighted by Crippen LogP contribution is -2.18. The highest BCUT2D eigenvalue weighted by atomic mass is 32.2. The summed E-state index contributed by atoms with van der Waals surface area (Å²) >= 11 is 0. The van der Waals surface area contributed by atoms with Gasteiger partial charge >= 0.3 is 0 Å². The van der Waals surface area contributed by atoms with Crippen molar-refractivity contribution < 1.29 is 21.9 Å². The number of sulfonamides is 2. The summed E-state index contributed by atoms with van der Waals surface area (Å²) in [6.45, 7) is 3.83. The van der Waals surface area contributed by atoms with Gasteiger partial charge in [0.2, 0.25) is 0 Å². The number of rotatable bonds is 8. The van der Waals surface area contributed by atoms with Gasteiger partial charge in [-0.2, -0.15) is 0 Å². The van der Waals surface area contributed by atoms with Crippen LogP contribution in [-0.2, 0) is 32.9 Å². The van der Waals surface area contributed by atoms with E-state index in [2.05, 4.69) is 9.44 Å². The number of hydrogen-bond donors (Lipinski definition) is 3. The molecule has 0 radical (unpaired) electrons. The molecule has 0 unspecified atom stereocenters. The quantitative estimate of drug-likeness (QED) is 0.299. The molecule has 0 aliphatic heterocycles. The fourth-order valence-electron chi connectivity index (χ4n) is 3.92. The molecular formula is C26H26N2O5S2. The fourth-order valence-corrected chi connectivity index (χ4v) is 6.51. The molecule has 182 valence electrons. The van der Waals surface area contributed by atoms with E-state index in [9.17, 15) is 21.9 Å². The van der Waals surface area contributed by atoms with Crippen molar-refractivity contribution in [2.24, 2.45) is 0 Å². The van der Waals surface area contributed by atoms with Gasteiger partial charge in [0.1, 0.15) is 5.75 Å². The number of nitrogens with one attached hydrogen (secondary N) is 2. The lowest BCUT2D eigenvalue weighted by atomic mass is 10.1. The number of aryl methyl sites for hydroxylation is 2. The standard InChI is InChI=1S/C26H26N2O5S2/c1-3-18-9-5-7-11-24(18)27-34(30,31)22-15-20-13-14-21(29)16-23(20)26(17-22)35(32,33)28-25-12-8-6-10-19(25)4-2/h5-17,27-29H,3-4H2,1-2H3. The third kappa shape index (κ3) is 5.11. The van der Waals surface area contributed by atoms with Crippen molar-refractivity contribution in [2.45, 2.75) is 36.5 Å². The molecule has 0 aliphatic carbocycles. The molecule has 4 rings (SSSR count). The Labute approximate surface area is 205 Å². The third-order valence-corrected chi connectivity index (χ3v) is 8.51. The first kappa shape index (κ1) is 24.6. The average Bonchev–Trinajstić information content (AvgIpc) is 2.83. The monoisotopic (exact) mass is 510 g/mol. The molecule has 0 amide bonds. The van der Waals surface area contributed by atoms with Crippen LogP contribution in [0.1, 0.15) is 25.0 Å². The summed E-state index contributed by atoms with van der Waals surface area (Å²) in [7, 11) is -8.33. The van der Waals surface area contributed by atoms with Gasteiger partial charge in [0.15, 0.2) is 0 Å². The Kier molecular flexibility index (Phi) is 6.73. The van der Waals surface area contributed by atoms with Crippen molar-refractivity contribution in [3.63, 3.8) is 0 Å².